The number of allylic oxidation sites excluding steroid dienone is 1. The number of aromatic nitrogens is 4. The van der Waals surface area contributed by atoms with Gasteiger partial charge in [-0.05, 0) is 49.8 Å². The van der Waals surface area contributed by atoms with Crippen LogP contribution in [0.15, 0.2) is 79.3 Å². The van der Waals surface area contributed by atoms with E-state index in [-0.39, 0.29) is 24.4 Å². The molecular formula is C36H38N6O4. The summed E-state index contributed by atoms with van der Waals surface area (Å²) < 4.78 is 19.6. The molecule has 2 aliphatic heterocycles. The maximum Gasteiger partial charge on any atom is 0.159 e. The minimum Gasteiger partial charge on any atom is -0.494 e. The zero-order chi connectivity index (χ0) is 31.5. The van der Waals surface area contributed by atoms with E-state index in [1.807, 2.05) is 42.1 Å². The van der Waals surface area contributed by atoms with E-state index in [0.29, 0.717) is 44.5 Å². The lowest BCUT2D eigenvalue weighted by Crippen LogP contribution is -2.36. The molecule has 10 heteroatoms. The van der Waals surface area contributed by atoms with E-state index in [4.69, 9.17) is 14.2 Å². The van der Waals surface area contributed by atoms with Crippen molar-refractivity contribution >= 4 is 39.1 Å². The molecule has 0 unspecified atom stereocenters. The van der Waals surface area contributed by atoms with Gasteiger partial charge in [-0.1, -0.05) is 35.9 Å². The molecule has 1 N–H and O–H groups in total. The van der Waals surface area contributed by atoms with Gasteiger partial charge >= 0.3 is 0 Å². The zero-order valence-corrected chi connectivity index (χ0v) is 26.2. The number of hydrogen-bond donors (Lipinski definition) is 1. The number of anilines is 2. The number of fused-ring (bicyclic) bond motifs is 3. The van der Waals surface area contributed by atoms with Gasteiger partial charge in [-0.3, -0.25) is 14.4 Å². The predicted molar refractivity (Wildman–Crippen MR) is 178 cm³/mol. The first kappa shape index (κ1) is 30.0. The van der Waals surface area contributed by atoms with Gasteiger partial charge in [0.2, 0.25) is 0 Å². The number of aryl methyl sites for hydroxylation is 1. The van der Waals surface area contributed by atoms with Crippen LogP contribution in [0.4, 0.5) is 11.5 Å². The van der Waals surface area contributed by atoms with Gasteiger partial charge in [-0.25, -0.2) is 9.97 Å². The highest BCUT2D eigenvalue weighted by molar-refractivity contribution is 5.96. The van der Waals surface area contributed by atoms with Crippen molar-refractivity contribution in [3.05, 3.63) is 96.0 Å². The van der Waals surface area contributed by atoms with Gasteiger partial charge < -0.3 is 19.5 Å². The van der Waals surface area contributed by atoms with Crippen molar-refractivity contribution in [2.24, 2.45) is 0 Å². The Labute approximate surface area is 268 Å². The summed E-state index contributed by atoms with van der Waals surface area (Å²) >= 11 is 0. The summed E-state index contributed by atoms with van der Waals surface area (Å²) in [7, 11) is 0. The molecule has 0 amide bonds. The highest BCUT2D eigenvalue weighted by atomic mass is 16.6. The fourth-order valence-electron chi connectivity index (χ4n) is 6.33. The van der Waals surface area contributed by atoms with Gasteiger partial charge in [-0.2, -0.15) is 5.10 Å². The Morgan fingerprint density at radius 3 is 2.72 bits per heavy atom. The molecule has 2 fully saturated rings. The minimum absolute atomic E-state index is 0.00361. The summed E-state index contributed by atoms with van der Waals surface area (Å²) in [6.45, 7) is 8.84. The van der Waals surface area contributed by atoms with E-state index in [1.165, 1.54) is 17.5 Å². The molecule has 46 heavy (non-hydrogen) atoms. The first-order valence-electron chi connectivity index (χ1n) is 15.9. The minimum atomic E-state index is 0.00361. The fourth-order valence-corrected chi connectivity index (χ4v) is 6.33. The smallest absolute Gasteiger partial charge is 0.159 e. The van der Waals surface area contributed by atoms with E-state index in [1.54, 1.807) is 6.08 Å². The maximum absolute atomic E-state index is 13.1. The second-order valence-corrected chi connectivity index (χ2v) is 11.9. The SMILES string of the molecule is CCOc1cc2ncnc(Nc3ccc4c(cnn4Cc4cccc(C)c4)c3)c2cc1CC(=O)/C=C/CN1C[C@@H]2OCCO[C@@H]2C1. The number of benzene rings is 3. The van der Waals surface area contributed by atoms with E-state index in [2.05, 4.69) is 68.6 Å². The third kappa shape index (κ3) is 6.64. The van der Waals surface area contributed by atoms with E-state index >= 15 is 0 Å². The van der Waals surface area contributed by atoms with E-state index in [9.17, 15) is 4.79 Å². The molecule has 0 saturated carbocycles. The van der Waals surface area contributed by atoms with Crippen LogP contribution in [0.5, 0.6) is 5.75 Å². The number of ether oxygens (including phenoxy) is 3. The molecule has 5 aromatic rings. The molecule has 2 atom stereocenters. The van der Waals surface area contributed by atoms with E-state index < -0.39 is 0 Å². The Hall–Kier alpha value is -4.64. The monoisotopic (exact) mass is 618 g/mol. The van der Waals surface area contributed by atoms with Crippen molar-refractivity contribution in [3.8, 4) is 5.75 Å². The van der Waals surface area contributed by atoms with Crippen LogP contribution < -0.4 is 10.1 Å². The van der Waals surface area contributed by atoms with Crippen molar-refractivity contribution in [1.29, 1.82) is 0 Å². The molecule has 2 saturated heterocycles. The second kappa shape index (κ2) is 13.4. The van der Waals surface area contributed by atoms with Crippen molar-refractivity contribution < 1.29 is 19.0 Å². The lowest BCUT2D eigenvalue weighted by atomic mass is 10.0. The number of carbonyl (C=O) groups excluding carboxylic acids is 1. The molecule has 10 nitrogen and oxygen atoms in total. The van der Waals surface area contributed by atoms with Gasteiger partial charge in [0.25, 0.3) is 0 Å². The first-order valence-corrected chi connectivity index (χ1v) is 15.9. The Morgan fingerprint density at radius 2 is 1.91 bits per heavy atom. The Balaban J connectivity index is 1.08. The third-order valence-electron chi connectivity index (χ3n) is 8.51. The van der Waals surface area contributed by atoms with Crippen LogP contribution >= 0.6 is 0 Å². The van der Waals surface area contributed by atoms with Crippen molar-refractivity contribution in [2.45, 2.75) is 39.0 Å². The molecule has 0 aliphatic carbocycles. The van der Waals surface area contributed by atoms with Crippen molar-refractivity contribution in [3.63, 3.8) is 0 Å². The summed E-state index contributed by atoms with van der Waals surface area (Å²) in [6.07, 6.45) is 7.47. The van der Waals surface area contributed by atoms with Gasteiger partial charge in [0, 0.05) is 54.1 Å². The number of ketones is 1. The summed E-state index contributed by atoms with van der Waals surface area (Å²) in [4.78, 5) is 24.4. The van der Waals surface area contributed by atoms with Gasteiger partial charge in [0.05, 0.1) is 55.8 Å². The summed E-state index contributed by atoms with van der Waals surface area (Å²) in [5, 5.41) is 9.95. The fraction of sp³-hybridized carbons (Fsp3) is 0.333. The highest BCUT2D eigenvalue weighted by Crippen LogP contribution is 2.31. The van der Waals surface area contributed by atoms with Crippen LogP contribution in [0.1, 0.15) is 23.6 Å². The topological polar surface area (TPSA) is 104 Å². The summed E-state index contributed by atoms with van der Waals surface area (Å²) in [6, 6.07) is 18.5. The summed E-state index contributed by atoms with van der Waals surface area (Å²) in [5.41, 5.74) is 5.92. The average Bonchev–Trinajstić information content (AvgIpc) is 3.65. The Morgan fingerprint density at radius 1 is 1.07 bits per heavy atom. The number of carbonyl (C=O) groups is 1. The van der Waals surface area contributed by atoms with Crippen molar-refractivity contribution in [1.82, 2.24) is 24.6 Å². The number of rotatable bonds is 11. The predicted octanol–water partition coefficient (Wildman–Crippen LogP) is 5.25. The quantitative estimate of drug-likeness (QED) is 0.199. The van der Waals surface area contributed by atoms with E-state index in [0.717, 1.165) is 46.1 Å². The molecule has 2 aliphatic rings. The number of nitrogens with one attached hydrogen (secondary N) is 1. The molecule has 236 valence electrons. The second-order valence-electron chi connectivity index (χ2n) is 11.9. The molecule has 3 aromatic carbocycles. The van der Waals surface area contributed by atoms with Gasteiger partial charge in [0.15, 0.2) is 5.78 Å². The molecule has 4 heterocycles. The van der Waals surface area contributed by atoms with Crippen LogP contribution in [-0.2, 0) is 27.2 Å². The number of hydrogen-bond acceptors (Lipinski definition) is 9. The molecule has 0 spiro atoms. The van der Waals surface area contributed by atoms with Gasteiger partial charge in [0.1, 0.15) is 17.9 Å². The Kier molecular flexibility index (Phi) is 8.74. The van der Waals surface area contributed by atoms with Crippen LogP contribution in [0, 0.1) is 6.92 Å². The van der Waals surface area contributed by atoms with Crippen molar-refractivity contribution in [2.75, 3.05) is 44.8 Å². The molecule has 0 radical (unpaired) electrons. The zero-order valence-electron chi connectivity index (χ0n) is 26.2. The standard InChI is InChI=1S/C36H38N6O4/c1-3-44-33-18-31-30(17-26(33)16-29(43)8-5-11-41-21-34-35(22-41)46-13-12-45-34)36(38-23-37-31)40-28-9-10-32-27(15-28)19-39-42(32)20-25-7-4-6-24(2)14-25/h4-10,14-15,17-19,23,34-35H,3,11-13,16,20-22H2,1-2H3,(H,37,38,40)/b8-5+/t34-,35+. The van der Waals surface area contributed by atoms with Crippen LogP contribution in [-0.4, -0.2) is 82.1 Å². The largest absolute Gasteiger partial charge is 0.494 e. The van der Waals surface area contributed by atoms with Gasteiger partial charge in [-0.15, -0.1) is 0 Å². The molecule has 2 aromatic heterocycles. The third-order valence-corrected chi connectivity index (χ3v) is 8.51. The number of likely N-dealkylation sites (tertiary alicyclic amines) is 1. The van der Waals surface area contributed by atoms with Crippen LogP contribution in [0.3, 0.4) is 0 Å². The highest BCUT2D eigenvalue weighted by Gasteiger charge is 2.35. The average molecular weight is 619 g/mol. The molecular weight excluding hydrogens is 580 g/mol. The molecule has 0 bridgehead atoms. The molecule has 7 rings (SSSR count). The van der Waals surface area contributed by atoms with Crippen LogP contribution in [0.2, 0.25) is 0 Å². The lowest BCUT2D eigenvalue weighted by Gasteiger charge is -2.24. The maximum atomic E-state index is 13.1. The first-order chi connectivity index (χ1) is 22.5. The normalized spacial score (nSPS) is 18.4. The number of nitrogens with zero attached hydrogens (tertiary/aromatic N) is 5. The summed E-state index contributed by atoms with van der Waals surface area (Å²) in [5.74, 6) is 1.31. The van der Waals surface area contributed by atoms with Crippen LogP contribution in [0.25, 0.3) is 21.8 Å². The Bertz CT molecular complexity index is 1890. The lowest BCUT2D eigenvalue weighted by molar-refractivity contribution is -0.116.